The molecule has 1 aromatic heterocycles. The number of hydrogen-bond acceptors (Lipinski definition) is 15. The summed E-state index contributed by atoms with van der Waals surface area (Å²) in [6.45, 7) is 11.3. The van der Waals surface area contributed by atoms with Crippen LogP contribution in [0, 0.1) is 17.8 Å². The van der Waals surface area contributed by atoms with E-state index >= 15 is 0 Å². The number of nitrogens with zero attached hydrogens (tertiary/aromatic N) is 1. The fraction of sp³-hybridized carbons (Fsp3) is 0.667. The number of carboxylic acid groups (broad SMARTS) is 1. The summed E-state index contributed by atoms with van der Waals surface area (Å²) in [5.41, 5.74) is 17.1. The maximum absolute atomic E-state index is 13.7. The largest absolute Gasteiger partial charge is 0.480 e. The Balaban J connectivity index is 3.26. The number of aliphatic hydroxyl groups is 2. The molecule has 0 saturated carbocycles. The van der Waals surface area contributed by atoms with Crippen LogP contribution >= 0.6 is 0 Å². The molecule has 388 valence electrons. The van der Waals surface area contributed by atoms with Crippen LogP contribution in [-0.2, 0) is 59.2 Å². The summed E-state index contributed by atoms with van der Waals surface area (Å²) in [6.07, 6.45) is -0.111. The van der Waals surface area contributed by atoms with E-state index in [0.717, 1.165) is 13.8 Å². The molecule has 27 nitrogen and oxygen atoms in total. The monoisotopic (exact) mass is 982 g/mol. The van der Waals surface area contributed by atoms with Crippen LogP contribution in [0.15, 0.2) is 12.5 Å². The Kier molecular flexibility index (Phi) is 25.5. The van der Waals surface area contributed by atoms with Crippen LogP contribution in [-0.4, -0.2) is 157 Å². The molecule has 0 saturated heterocycles. The van der Waals surface area contributed by atoms with E-state index < -0.39 is 157 Å². The highest BCUT2D eigenvalue weighted by atomic mass is 16.4. The van der Waals surface area contributed by atoms with Crippen molar-refractivity contribution in [3.05, 3.63) is 18.2 Å². The van der Waals surface area contributed by atoms with Crippen LogP contribution in [0.1, 0.15) is 93.2 Å². The second-order valence-electron chi connectivity index (χ2n) is 17.5. The predicted octanol–water partition coefficient (Wildman–Crippen LogP) is -5.48. The van der Waals surface area contributed by atoms with Crippen molar-refractivity contribution in [3.63, 3.8) is 0 Å². The van der Waals surface area contributed by atoms with Gasteiger partial charge in [-0.25, -0.2) is 9.78 Å². The van der Waals surface area contributed by atoms with Gasteiger partial charge in [0.05, 0.1) is 31.5 Å². The molecule has 11 atom stereocenters. The molecular formula is C42H71N13O14. The molecule has 18 N–H and O–H groups in total. The first-order chi connectivity index (χ1) is 32.1. The topological polar surface area (TPSA) is 451 Å². The molecule has 0 radical (unpaired) electrons. The van der Waals surface area contributed by atoms with Gasteiger partial charge in [-0.3, -0.25) is 47.9 Å². The summed E-state index contributed by atoms with van der Waals surface area (Å²) in [5, 5.41) is 48.9. The van der Waals surface area contributed by atoms with E-state index in [0.29, 0.717) is 12.1 Å². The predicted molar refractivity (Wildman–Crippen MR) is 244 cm³/mol. The third-order valence-electron chi connectivity index (χ3n) is 10.7. The van der Waals surface area contributed by atoms with Crippen molar-refractivity contribution in [2.45, 2.75) is 154 Å². The average Bonchev–Trinajstić information content (AvgIpc) is 3.78. The van der Waals surface area contributed by atoms with Crippen LogP contribution in [0.5, 0.6) is 0 Å². The molecule has 0 bridgehead atoms. The van der Waals surface area contributed by atoms with Gasteiger partial charge < -0.3 is 80.0 Å². The fourth-order valence-electron chi connectivity index (χ4n) is 6.38. The lowest BCUT2D eigenvalue weighted by molar-refractivity contribution is -0.143. The van der Waals surface area contributed by atoms with Crippen LogP contribution in [0.2, 0.25) is 0 Å². The summed E-state index contributed by atoms with van der Waals surface area (Å²) in [7, 11) is 0. The van der Waals surface area contributed by atoms with Gasteiger partial charge in [0.1, 0.15) is 48.3 Å². The van der Waals surface area contributed by atoms with Crippen molar-refractivity contribution < 1.29 is 68.1 Å². The summed E-state index contributed by atoms with van der Waals surface area (Å²) in [5.74, 6) is -12.4. The number of primary amides is 2. The maximum atomic E-state index is 13.7. The Morgan fingerprint density at radius 3 is 1.64 bits per heavy atom. The number of rotatable bonds is 31. The van der Waals surface area contributed by atoms with Gasteiger partial charge in [-0.2, -0.15) is 0 Å². The molecule has 1 rings (SSSR count). The van der Waals surface area contributed by atoms with E-state index in [4.69, 9.17) is 17.2 Å². The zero-order valence-electron chi connectivity index (χ0n) is 40.1. The van der Waals surface area contributed by atoms with E-state index in [2.05, 4.69) is 52.5 Å². The Morgan fingerprint density at radius 1 is 0.638 bits per heavy atom. The first kappa shape index (κ1) is 60.3. The van der Waals surface area contributed by atoms with Crippen molar-refractivity contribution >= 4 is 65.0 Å². The molecule has 0 aromatic carbocycles. The van der Waals surface area contributed by atoms with E-state index in [9.17, 15) is 68.1 Å². The number of nitrogens with two attached hydrogens (primary N) is 3. The van der Waals surface area contributed by atoms with Gasteiger partial charge in [0.25, 0.3) is 0 Å². The van der Waals surface area contributed by atoms with Gasteiger partial charge in [0, 0.05) is 24.7 Å². The number of aromatic nitrogens is 2. The number of H-pyrrole nitrogens is 1. The fourth-order valence-corrected chi connectivity index (χ4v) is 6.38. The molecule has 0 aliphatic rings. The molecule has 0 spiro atoms. The van der Waals surface area contributed by atoms with Crippen molar-refractivity contribution in [2.24, 2.45) is 35.0 Å². The number of carbonyl (C=O) groups excluding carboxylic acids is 10. The second kappa shape index (κ2) is 29.2. The molecule has 10 amide bonds. The number of nitrogens with one attached hydrogen (secondary N) is 9. The van der Waals surface area contributed by atoms with Crippen molar-refractivity contribution in [1.82, 2.24) is 52.5 Å². The third kappa shape index (κ3) is 21.0. The lowest BCUT2D eigenvalue weighted by Crippen LogP contribution is -2.62. The lowest BCUT2D eigenvalue weighted by Gasteiger charge is -2.28. The molecule has 1 heterocycles. The lowest BCUT2D eigenvalue weighted by atomic mass is 9.98. The molecule has 0 aliphatic carbocycles. The number of aliphatic carboxylic acids is 1. The summed E-state index contributed by atoms with van der Waals surface area (Å²) < 4.78 is 0. The summed E-state index contributed by atoms with van der Waals surface area (Å²) in [4.78, 5) is 149. The zero-order valence-corrected chi connectivity index (χ0v) is 40.1. The van der Waals surface area contributed by atoms with Gasteiger partial charge in [-0.15, -0.1) is 0 Å². The Morgan fingerprint density at radius 2 is 1.14 bits per heavy atom. The first-order valence-corrected chi connectivity index (χ1v) is 22.4. The number of carboxylic acids is 1. The van der Waals surface area contributed by atoms with Crippen molar-refractivity contribution in [1.29, 1.82) is 0 Å². The Bertz CT molecular complexity index is 1950. The number of carbonyl (C=O) groups is 11. The number of amides is 10. The SMILES string of the molecule is CC[C@H](C)[C@H](N)C(=O)N[C@@H](Cc1cnc[nH]1)C(=O)N[C@@H](CC(C)C)C(=O)N[C@@H](CO)C(=O)N[C@H](C(=O)N[C@@H](CCC(N)=O)C(=O)N[C@@H](C)C(=O)N[C@@H](CC(N)=O)C(=O)N[C@H](C(=O)O)C(C)C)[C@@H](C)O. The smallest absolute Gasteiger partial charge is 0.326 e. The Hall–Kier alpha value is -6.74. The van der Waals surface area contributed by atoms with Gasteiger partial charge in [-0.05, 0) is 44.4 Å². The normalized spacial score (nSPS) is 16.0. The quantitative estimate of drug-likeness (QED) is 0.0330. The van der Waals surface area contributed by atoms with Gasteiger partial charge in [0.2, 0.25) is 59.1 Å². The standard InChI is InChI=1S/C42H71N13O14/c1-9-20(6)31(45)40(66)52-26(13-23-15-46-17-47-23)37(63)51-25(12-18(2)3)36(62)53-28(16-56)39(65)55-33(22(8)57)41(67)49-24(10-11-29(43)58)35(61)48-21(7)34(60)50-27(14-30(44)59)38(64)54-32(19(4)5)42(68)69/h15,17-22,24-28,31-33,56-57H,9-14,16,45H2,1-8H3,(H2,43,58)(H2,44,59)(H,46,47)(H,48,61)(H,49,67)(H,50,60)(H,51,63)(H,52,66)(H,53,62)(H,54,64)(H,55,65)(H,68,69)/t20-,21-,22+,24-,25-,26-,27-,28-,31-,32-,33-/m0/s1. The molecule has 0 unspecified atom stereocenters. The minimum absolute atomic E-state index is 0.0109. The molecular weight excluding hydrogens is 911 g/mol. The van der Waals surface area contributed by atoms with Gasteiger partial charge >= 0.3 is 5.97 Å². The van der Waals surface area contributed by atoms with E-state index in [1.165, 1.54) is 26.4 Å². The molecule has 0 fully saturated rings. The number of aliphatic hydroxyl groups excluding tert-OH is 2. The zero-order chi connectivity index (χ0) is 52.9. The second-order valence-corrected chi connectivity index (χ2v) is 17.5. The van der Waals surface area contributed by atoms with Crippen LogP contribution in [0.3, 0.4) is 0 Å². The molecule has 69 heavy (non-hydrogen) atoms. The molecule has 0 aliphatic heterocycles. The van der Waals surface area contributed by atoms with E-state index in [1.54, 1.807) is 20.8 Å². The first-order valence-electron chi connectivity index (χ1n) is 22.4. The van der Waals surface area contributed by atoms with E-state index in [-0.39, 0.29) is 24.7 Å². The Labute approximate surface area is 399 Å². The van der Waals surface area contributed by atoms with E-state index in [1.807, 2.05) is 6.92 Å². The minimum atomic E-state index is -1.89. The summed E-state index contributed by atoms with van der Waals surface area (Å²) >= 11 is 0. The highest BCUT2D eigenvalue weighted by Crippen LogP contribution is 2.11. The molecule has 27 heteroatoms. The number of hydrogen-bond donors (Lipinski definition) is 15. The highest BCUT2D eigenvalue weighted by molar-refractivity contribution is 5.99. The minimum Gasteiger partial charge on any atom is -0.480 e. The average molecular weight is 982 g/mol. The number of imidazole rings is 1. The molecule has 1 aromatic rings. The van der Waals surface area contributed by atoms with Gasteiger partial charge in [-0.1, -0.05) is 48.0 Å². The highest BCUT2D eigenvalue weighted by Gasteiger charge is 2.36. The van der Waals surface area contributed by atoms with Crippen molar-refractivity contribution in [2.75, 3.05) is 6.61 Å². The summed E-state index contributed by atoms with van der Waals surface area (Å²) in [6, 6.07) is -13.5. The van der Waals surface area contributed by atoms with Crippen molar-refractivity contribution in [3.8, 4) is 0 Å². The number of aromatic amines is 1. The van der Waals surface area contributed by atoms with Crippen LogP contribution < -0.4 is 59.7 Å². The maximum Gasteiger partial charge on any atom is 0.326 e. The van der Waals surface area contributed by atoms with Crippen LogP contribution in [0.25, 0.3) is 0 Å². The van der Waals surface area contributed by atoms with Gasteiger partial charge in [0.15, 0.2) is 0 Å². The third-order valence-corrected chi connectivity index (χ3v) is 10.7. The van der Waals surface area contributed by atoms with Crippen LogP contribution in [0.4, 0.5) is 0 Å².